The molecule has 2 aromatic carbocycles. The number of rotatable bonds is 6. The Kier molecular flexibility index (Phi) is 5.16. The highest BCUT2D eigenvalue weighted by Gasteiger charge is 2.12. The molecule has 0 saturated heterocycles. The van der Waals surface area contributed by atoms with Crippen LogP contribution in [0.15, 0.2) is 54.6 Å². The van der Waals surface area contributed by atoms with Crippen molar-refractivity contribution in [1.29, 1.82) is 0 Å². The van der Waals surface area contributed by atoms with Gasteiger partial charge in [-0.15, -0.1) is 0 Å². The lowest BCUT2D eigenvalue weighted by Gasteiger charge is -2.18. The molecule has 0 saturated carbocycles. The predicted octanol–water partition coefficient (Wildman–Crippen LogP) is 2.66. The standard InChI is InChI=1S/C17H22N2O/c1-20-16-9-7-14(8-10-16)17(19)12-15(18)11-13-5-3-2-4-6-13/h2-10,15,17H,11-12,18-19H2,1H3/t15-,17-/m1/s1. The van der Waals surface area contributed by atoms with Gasteiger partial charge in [0, 0.05) is 12.1 Å². The quantitative estimate of drug-likeness (QED) is 0.848. The molecule has 0 fully saturated rings. The largest absolute Gasteiger partial charge is 0.497 e. The van der Waals surface area contributed by atoms with Crippen molar-refractivity contribution in [1.82, 2.24) is 0 Å². The van der Waals surface area contributed by atoms with Crippen LogP contribution >= 0.6 is 0 Å². The molecule has 20 heavy (non-hydrogen) atoms. The van der Waals surface area contributed by atoms with E-state index in [4.69, 9.17) is 16.2 Å². The van der Waals surface area contributed by atoms with Gasteiger partial charge in [0.2, 0.25) is 0 Å². The van der Waals surface area contributed by atoms with Crippen LogP contribution < -0.4 is 16.2 Å². The monoisotopic (exact) mass is 270 g/mol. The molecule has 0 bridgehead atoms. The Hall–Kier alpha value is -1.84. The average Bonchev–Trinajstić information content (AvgIpc) is 2.48. The maximum absolute atomic E-state index is 6.22. The number of hydrogen-bond donors (Lipinski definition) is 2. The van der Waals surface area contributed by atoms with Gasteiger partial charge in [-0.1, -0.05) is 42.5 Å². The first-order valence-corrected chi connectivity index (χ1v) is 6.88. The number of hydrogen-bond acceptors (Lipinski definition) is 3. The molecule has 0 unspecified atom stereocenters. The van der Waals surface area contributed by atoms with Crippen LogP contribution in [0.2, 0.25) is 0 Å². The van der Waals surface area contributed by atoms with Crippen molar-refractivity contribution in [2.75, 3.05) is 7.11 Å². The summed E-state index contributed by atoms with van der Waals surface area (Å²) in [6, 6.07) is 18.1. The van der Waals surface area contributed by atoms with E-state index in [9.17, 15) is 0 Å². The summed E-state index contributed by atoms with van der Waals surface area (Å²) >= 11 is 0. The second kappa shape index (κ2) is 7.08. The third-order valence-electron chi connectivity index (χ3n) is 3.44. The molecule has 106 valence electrons. The van der Waals surface area contributed by atoms with Crippen molar-refractivity contribution in [3.05, 3.63) is 65.7 Å². The lowest BCUT2D eigenvalue weighted by Crippen LogP contribution is -2.28. The average molecular weight is 270 g/mol. The Morgan fingerprint density at radius 2 is 1.60 bits per heavy atom. The van der Waals surface area contributed by atoms with Crippen LogP contribution in [-0.4, -0.2) is 13.2 Å². The third kappa shape index (κ3) is 4.08. The van der Waals surface area contributed by atoms with Crippen LogP contribution in [0.1, 0.15) is 23.6 Å². The molecule has 2 atom stereocenters. The maximum Gasteiger partial charge on any atom is 0.118 e. The SMILES string of the molecule is COc1ccc([C@H](N)C[C@H](N)Cc2ccccc2)cc1. The second-order valence-electron chi connectivity index (χ2n) is 5.07. The van der Waals surface area contributed by atoms with Gasteiger partial charge in [-0.3, -0.25) is 0 Å². The minimum Gasteiger partial charge on any atom is -0.497 e. The highest BCUT2D eigenvalue weighted by molar-refractivity contribution is 5.29. The van der Waals surface area contributed by atoms with Gasteiger partial charge in [0.05, 0.1) is 7.11 Å². The number of nitrogens with two attached hydrogens (primary N) is 2. The van der Waals surface area contributed by atoms with Gasteiger partial charge < -0.3 is 16.2 Å². The highest BCUT2D eigenvalue weighted by Crippen LogP contribution is 2.20. The Morgan fingerprint density at radius 3 is 2.20 bits per heavy atom. The molecule has 3 nitrogen and oxygen atoms in total. The molecule has 2 aromatic rings. The molecular weight excluding hydrogens is 248 g/mol. The van der Waals surface area contributed by atoms with Gasteiger partial charge in [-0.25, -0.2) is 0 Å². The van der Waals surface area contributed by atoms with Crippen LogP contribution in [-0.2, 0) is 6.42 Å². The molecule has 0 aliphatic rings. The minimum absolute atomic E-state index is 0.0420. The van der Waals surface area contributed by atoms with Crippen LogP contribution in [0.4, 0.5) is 0 Å². The molecule has 0 aliphatic heterocycles. The zero-order valence-electron chi connectivity index (χ0n) is 11.8. The number of methoxy groups -OCH3 is 1. The zero-order chi connectivity index (χ0) is 14.4. The van der Waals surface area contributed by atoms with E-state index in [0.717, 1.165) is 24.2 Å². The first kappa shape index (κ1) is 14.6. The molecule has 0 spiro atoms. The minimum atomic E-state index is -0.0420. The number of benzene rings is 2. The molecule has 4 N–H and O–H groups in total. The normalized spacial score (nSPS) is 13.8. The molecule has 0 heterocycles. The molecule has 0 amide bonds. The van der Waals surface area contributed by atoms with Crippen molar-refractivity contribution in [2.24, 2.45) is 11.5 Å². The van der Waals surface area contributed by atoms with E-state index in [1.807, 2.05) is 42.5 Å². The fourth-order valence-corrected chi connectivity index (χ4v) is 2.31. The lowest BCUT2D eigenvalue weighted by molar-refractivity contribution is 0.414. The Balaban J connectivity index is 1.91. The maximum atomic E-state index is 6.22. The highest BCUT2D eigenvalue weighted by atomic mass is 16.5. The first-order chi connectivity index (χ1) is 9.69. The van der Waals surface area contributed by atoms with Crippen molar-refractivity contribution < 1.29 is 4.74 Å². The van der Waals surface area contributed by atoms with E-state index in [-0.39, 0.29) is 12.1 Å². The topological polar surface area (TPSA) is 61.3 Å². The van der Waals surface area contributed by atoms with Gasteiger partial charge in [-0.2, -0.15) is 0 Å². The van der Waals surface area contributed by atoms with E-state index in [1.165, 1.54) is 5.56 Å². The van der Waals surface area contributed by atoms with Gasteiger partial charge >= 0.3 is 0 Å². The smallest absolute Gasteiger partial charge is 0.118 e. The molecule has 0 aliphatic carbocycles. The zero-order valence-corrected chi connectivity index (χ0v) is 11.8. The summed E-state index contributed by atoms with van der Waals surface area (Å²) in [6.45, 7) is 0. The molecule has 2 rings (SSSR count). The summed E-state index contributed by atoms with van der Waals surface area (Å²) in [7, 11) is 1.66. The van der Waals surface area contributed by atoms with Crippen molar-refractivity contribution >= 4 is 0 Å². The summed E-state index contributed by atoms with van der Waals surface area (Å²) in [4.78, 5) is 0. The summed E-state index contributed by atoms with van der Waals surface area (Å²) in [5.74, 6) is 0.842. The first-order valence-electron chi connectivity index (χ1n) is 6.88. The van der Waals surface area contributed by atoms with Crippen molar-refractivity contribution in [2.45, 2.75) is 24.9 Å². The van der Waals surface area contributed by atoms with E-state index in [1.54, 1.807) is 7.11 Å². The van der Waals surface area contributed by atoms with Gasteiger partial charge in [0.15, 0.2) is 0 Å². The third-order valence-corrected chi connectivity index (χ3v) is 3.44. The van der Waals surface area contributed by atoms with Crippen LogP contribution in [0.5, 0.6) is 5.75 Å². The summed E-state index contributed by atoms with van der Waals surface area (Å²) in [6.07, 6.45) is 1.62. The van der Waals surface area contributed by atoms with E-state index < -0.39 is 0 Å². The van der Waals surface area contributed by atoms with Gasteiger partial charge in [-0.05, 0) is 36.1 Å². The Bertz CT molecular complexity index is 510. The molecule has 0 radical (unpaired) electrons. The van der Waals surface area contributed by atoms with Crippen LogP contribution in [0.25, 0.3) is 0 Å². The summed E-state index contributed by atoms with van der Waals surface area (Å²) in [5, 5.41) is 0. The molecule has 0 aromatic heterocycles. The van der Waals surface area contributed by atoms with Crippen LogP contribution in [0, 0.1) is 0 Å². The second-order valence-corrected chi connectivity index (χ2v) is 5.07. The van der Waals surface area contributed by atoms with E-state index >= 15 is 0 Å². The number of ether oxygens (including phenoxy) is 1. The Labute approximate surface area is 120 Å². The van der Waals surface area contributed by atoms with E-state index in [0.29, 0.717) is 0 Å². The summed E-state index contributed by atoms with van der Waals surface area (Å²) < 4.78 is 5.14. The predicted molar refractivity (Wildman–Crippen MR) is 82.7 cm³/mol. The van der Waals surface area contributed by atoms with Crippen LogP contribution in [0.3, 0.4) is 0 Å². The summed E-state index contributed by atoms with van der Waals surface area (Å²) in [5.41, 5.74) is 14.8. The van der Waals surface area contributed by atoms with E-state index in [2.05, 4.69) is 12.1 Å². The van der Waals surface area contributed by atoms with Gasteiger partial charge in [0.1, 0.15) is 5.75 Å². The van der Waals surface area contributed by atoms with Gasteiger partial charge in [0.25, 0.3) is 0 Å². The lowest BCUT2D eigenvalue weighted by atomic mass is 9.96. The molecule has 3 heteroatoms. The van der Waals surface area contributed by atoms with Crippen molar-refractivity contribution in [3.8, 4) is 5.75 Å². The fraction of sp³-hybridized carbons (Fsp3) is 0.294. The molecular formula is C17H22N2O. The van der Waals surface area contributed by atoms with Crippen molar-refractivity contribution in [3.63, 3.8) is 0 Å². The fourth-order valence-electron chi connectivity index (χ4n) is 2.31. The Morgan fingerprint density at radius 1 is 0.950 bits per heavy atom.